The molecule has 118 valence electrons. The number of hydrogen-bond donors (Lipinski definition) is 0. The molecule has 6 heteroatoms. The highest BCUT2D eigenvalue weighted by atomic mass is 16.5. The molecule has 1 aromatic carbocycles. The Morgan fingerprint density at radius 2 is 2.09 bits per heavy atom. The number of rotatable bonds is 5. The first kappa shape index (κ1) is 14.8. The van der Waals surface area contributed by atoms with Crippen LogP contribution in [0.2, 0.25) is 0 Å². The lowest BCUT2D eigenvalue weighted by Crippen LogP contribution is -2.23. The van der Waals surface area contributed by atoms with E-state index in [1.165, 1.54) is 5.56 Å². The Bertz CT molecular complexity index is 641. The predicted molar refractivity (Wildman–Crippen MR) is 81.0 cm³/mol. The van der Waals surface area contributed by atoms with Gasteiger partial charge in [-0.25, -0.2) is 0 Å². The Balaban J connectivity index is 1.80. The van der Waals surface area contributed by atoms with Gasteiger partial charge in [0.05, 0.1) is 20.8 Å². The van der Waals surface area contributed by atoms with Crippen molar-refractivity contribution in [3.63, 3.8) is 0 Å². The fourth-order valence-electron chi connectivity index (χ4n) is 3.03. The fraction of sp³-hybridized carbons (Fsp3) is 0.500. The molecule has 6 nitrogen and oxygen atoms in total. The molecule has 1 atom stereocenters. The first-order valence-corrected chi connectivity index (χ1v) is 7.46. The minimum absolute atomic E-state index is 0.340. The second kappa shape index (κ2) is 6.36. The third-order valence-corrected chi connectivity index (χ3v) is 4.06. The summed E-state index contributed by atoms with van der Waals surface area (Å²) in [6.07, 6.45) is 2.27. The van der Waals surface area contributed by atoms with Gasteiger partial charge in [0, 0.05) is 6.04 Å². The normalized spacial score (nSPS) is 18.6. The molecule has 2 heterocycles. The summed E-state index contributed by atoms with van der Waals surface area (Å²) in [6, 6.07) is 6.46. The molecular formula is C16H21N3O3. The minimum atomic E-state index is 0.340. The summed E-state index contributed by atoms with van der Waals surface area (Å²) >= 11 is 0. The van der Waals surface area contributed by atoms with E-state index in [-0.39, 0.29) is 0 Å². The lowest BCUT2D eigenvalue weighted by Gasteiger charge is -2.23. The van der Waals surface area contributed by atoms with Crippen molar-refractivity contribution in [3.05, 3.63) is 35.5 Å². The first-order valence-electron chi connectivity index (χ1n) is 7.46. The van der Waals surface area contributed by atoms with Gasteiger partial charge in [-0.15, -0.1) is 0 Å². The Labute approximate surface area is 130 Å². The molecule has 1 aliphatic rings. The zero-order valence-corrected chi connectivity index (χ0v) is 13.2. The maximum absolute atomic E-state index is 5.41. The molecule has 0 saturated carbocycles. The van der Waals surface area contributed by atoms with Gasteiger partial charge in [0.2, 0.25) is 5.89 Å². The van der Waals surface area contributed by atoms with Crippen molar-refractivity contribution in [1.82, 2.24) is 15.0 Å². The van der Waals surface area contributed by atoms with E-state index in [9.17, 15) is 0 Å². The van der Waals surface area contributed by atoms with Gasteiger partial charge in [0.25, 0.3) is 0 Å². The molecule has 3 rings (SSSR count). The lowest BCUT2D eigenvalue weighted by atomic mass is 10.0. The number of likely N-dealkylation sites (tertiary alicyclic amines) is 1. The molecule has 0 bridgehead atoms. The molecule has 0 amide bonds. The van der Waals surface area contributed by atoms with Gasteiger partial charge < -0.3 is 14.0 Å². The van der Waals surface area contributed by atoms with Crippen molar-refractivity contribution >= 4 is 0 Å². The topological polar surface area (TPSA) is 60.6 Å². The average molecular weight is 303 g/mol. The third-order valence-electron chi connectivity index (χ3n) is 4.06. The molecule has 0 spiro atoms. The van der Waals surface area contributed by atoms with Gasteiger partial charge >= 0.3 is 0 Å². The van der Waals surface area contributed by atoms with E-state index in [0.717, 1.165) is 30.9 Å². The van der Waals surface area contributed by atoms with Gasteiger partial charge in [-0.1, -0.05) is 11.2 Å². The highest BCUT2D eigenvalue weighted by Gasteiger charge is 2.28. The molecule has 22 heavy (non-hydrogen) atoms. The van der Waals surface area contributed by atoms with Crippen LogP contribution in [0, 0.1) is 6.92 Å². The standard InChI is InChI=1S/C16H21N3O3/c1-11-17-16(22-18-11)10-19-8-4-5-13(19)12-6-7-14(20-2)15(9-12)21-3/h6-7,9,13H,4-5,8,10H2,1-3H3/t13-/m0/s1. The van der Waals surface area contributed by atoms with Crippen molar-refractivity contribution in [2.45, 2.75) is 32.4 Å². The van der Waals surface area contributed by atoms with Crippen LogP contribution in [0.25, 0.3) is 0 Å². The summed E-state index contributed by atoms with van der Waals surface area (Å²) in [7, 11) is 3.31. The quantitative estimate of drug-likeness (QED) is 0.846. The van der Waals surface area contributed by atoms with Crippen LogP contribution in [-0.4, -0.2) is 35.8 Å². The van der Waals surface area contributed by atoms with Crippen molar-refractivity contribution in [2.24, 2.45) is 0 Å². The number of hydrogen-bond acceptors (Lipinski definition) is 6. The Kier molecular flexibility index (Phi) is 4.29. The SMILES string of the molecule is COc1ccc([C@@H]2CCCN2Cc2nc(C)no2)cc1OC. The summed E-state index contributed by atoms with van der Waals surface area (Å²) in [4.78, 5) is 6.67. The second-order valence-corrected chi connectivity index (χ2v) is 5.48. The number of nitrogens with zero attached hydrogens (tertiary/aromatic N) is 3. The van der Waals surface area contributed by atoms with Crippen LogP contribution >= 0.6 is 0 Å². The van der Waals surface area contributed by atoms with Gasteiger partial charge in [-0.3, -0.25) is 4.90 Å². The van der Waals surface area contributed by atoms with Crippen LogP contribution in [0.3, 0.4) is 0 Å². The van der Waals surface area contributed by atoms with Crippen LogP contribution in [0.1, 0.15) is 36.2 Å². The van der Waals surface area contributed by atoms with Crippen LogP contribution in [-0.2, 0) is 6.54 Å². The van der Waals surface area contributed by atoms with Crippen LogP contribution in [0.15, 0.2) is 22.7 Å². The van der Waals surface area contributed by atoms with E-state index in [4.69, 9.17) is 14.0 Å². The van der Waals surface area contributed by atoms with E-state index in [2.05, 4.69) is 27.2 Å². The Morgan fingerprint density at radius 1 is 1.27 bits per heavy atom. The van der Waals surface area contributed by atoms with Gasteiger partial charge in [-0.2, -0.15) is 4.98 Å². The maximum atomic E-state index is 5.41. The molecule has 1 aliphatic heterocycles. The molecule has 0 radical (unpaired) electrons. The molecular weight excluding hydrogens is 282 g/mol. The molecule has 1 saturated heterocycles. The van der Waals surface area contributed by atoms with Crippen molar-refractivity contribution in [3.8, 4) is 11.5 Å². The van der Waals surface area contributed by atoms with Crippen LogP contribution in [0.4, 0.5) is 0 Å². The van der Waals surface area contributed by atoms with Gasteiger partial charge in [0.1, 0.15) is 0 Å². The van der Waals surface area contributed by atoms with E-state index in [1.807, 2.05) is 13.0 Å². The minimum Gasteiger partial charge on any atom is -0.493 e. The summed E-state index contributed by atoms with van der Waals surface area (Å²) in [5, 5.41) is 3.86. The molecule has 0 unspecified atom stereocenters. The van der Waals surface area contributed by atoms with Crippen molar-refractivity contribution in [2.75, 3.05) is 20.8 Å². The Hall–Kier alpha value is -2.08. The summed E-state index contributed by atoms with van der Waals surface area (Å²) in [5.74, 6) is 2.87. The van der Waals surface area contributed by atoms with Gasteiger partial charge in [-0.05, 0) is 44.0 Å². The van der Waals surface area contributed by atoms with Crippen LogP contribution < -0.4 is 9.47 Å². The average Bonchev–Trinajstić information content (AvgIpc) is 3.16. The molecule has 0 N–H and O–H groups in total. The maximum Gasteiger partial charge on any atom is 0.240 e. The summed E-state index contributed by atoms with van der Waals surface area (Å²) in [6.45, 7) is 3.54. The highest BCUT2D eigenvalue weighted by molar-refractivity contribution is 5.44. The van der Waals surface area contributed by atoms with Crippen molar-refractivity contribution < 1.29 is 14.0 Å². The summed E-state index contributed by atoms with van der Waals surface area (Å²) in [5.41, 5.74) is 1.23. The van der Waals surface area contributed by atoms with Crippen LogP contribution in [0.5, 0.6) is 11.5 Å². The van der Waals surface area contributed by atoms with Crippen molar-refractivity contribution in [1.29, 1.82) is 0 Å². The number of benzene rings is 1. The van der Waals surface area contributed by atoms with Gasteiger partial charge in [0.15, 0.2) is 17.3 Å². The largest absolute Gasteiger partial charge is 0.493 e. The molecule has 1 fully saturated rings. The smallest absolute Gasteiger partial charge is 0.240 e. The zero-order valence-electron chi connectivity index (χ0n) is 13.2. The fourth-order valence-corrected chi connectivity index (χ4v) is 3.03. The third kappa shape index (κ3) is 2.92. The van der Waals surface area contributed by atoms with E-state index in [1.54, 1.807) is 14.2 Å². The number of ether oxygens (including phenoxy) is 2. The van der Waals surface area contributed by atoms with E-state index in [0.29, 0.717) is 24.3 Å². The first-order chi connectivity index (χ1) is 10.7. The second-order valence-electron chi connectivity index (χ2n) is 5.48. The summed E-state index contributed by atoms with van der Waals surface area (Å²) < 4.78 is 16.0. The molecule has 1 aromatic heterocycles. The van der Waals surface area contributed by atoms with E-state index >= 15 is 0 Å². The number of methoxy groups -OCH3 is 2. The lowest BCUT2D eigenvalue weighted by molar-refractivity contribution is 0.212. The predicted octanol–water partition coefficient (Wildman–Crippen LogP) is 2.73. The number of aromatic nitrogens is 2. The monoisotopic (exact) mass is 303 g/mol. The zero-order chi connectivity index (χ0) is 15.5. The molecule has 2 aromatic rings. The highest BCUT2D eigenvalue weighted by Crippen LogP contribution is 2.37. The molecule has 0 aliphatic carbocycles. The number of aryl methyl sites for hydroxylation is 1. The Morgan fingerprint density at radius 3 is 2.77 bits per heavy atom. The van der Waals surface area contributed by atoms with E-state index < -0.39 is 0 Å².